The number of carbonyl (C=O) groups is 1. The zero-order valence-corrected chi connectivity index (χ0v) is 12.7. The summed E-state index contributed by atoms with van der Waals surface area (Å²) in [5, 5.41) is 0.817. The predicted molar refractivity (Wildman–Crippen MR) is 77.5 cm³/mol. The van der Waals surface area contributed by atoms with Gasteiger partial charge in [-0.1, -0.05) is 32.9 Å². The molecule has 1 aromatic heterocycles. The molecule has 0 amide bonds. The van der Waals surface area contributed by atoms with Crippen LogP contribution in [0.25, 0.3) is 11.3 Å². The van der Waals surface area contributed by atoms with Crippen molar-refractivity contribution in [3.05, 3.63) is 40.0 Å². The Morgan fingerprint density at radius 1 is 1.35 bits per heavy atom. The summed E-state index contributed by atoms with van der Waals surface area (Å²) in [6.07, 6.45) is 0. The van der Waals surface area contributed by atoms with Crippen molar-refractivity contribution >= 4 is 17.3 Å². The van der Waals surface area contributed by atoms with Crippen LogP contribution in [0.15, 0.2) is 24.3 Å². The Bertz CT molecular complexity index is 644. The van der Waals surface area contributed by atoms with Crippen LogP contribution in [0.2, 0.25) is 0 Å². The van der Waals surface area contributed by atoms with Crippen LogP contribution in [0.3, 0.4) is 0 Å². The maximum absolute atomic E-state index is 13.4. The molecule has 2 rings (SSSR count). The molecule has 0 saturated heterocycles. The van der Waals surface area contributed by atoms with Gasteiger partial charge in [-0.2, -0.15) is 0 Å². The van der Waals surface area contributed by atoms with Crippen LogP contribution < -0.4 is 0 Å². The smallest absolute Gasteiger partial charge is 0.350 e. The maximum atomic E-state index is 13.4. The molecule has 0 N–H and O–H groups in total. The summed E-state index contributed by atoms with van der Waals surface area (Å²) < 4.78 is 18.2. The number of nitrogens with zero attached hydrogens (tertiary/aromatic N) is 1. The second kappa shape index (κ2) is 5.32. The first-order valence-corrected chi connectivity index (χ1v) is 7.00. The third-order valence-electron chi connectivity index (χ3n) is 2.74. The molecule has 0 aliphatic rings. The molecule has 0 radical (unpaired) electrons. The van der Waals surface area contributed by atoms with Crippen molar-refractivity contribution in [3.8, 4) is 11.3 Å². The van der Waals surface area contributed by atoms with Crippen LogP contribution in [-0.4, -0.2) is 18.1 Å². The van der Waals surface area contributed by atoms with E-state index in [0.29, 0.717) is 16.1 Å². The Kier molecular flexibility index (Phi) is 3.90. The fraction of sp³-hybridized carbons (Fsp3) is 0.333. The van der Waals surface area contributed by atoms with E-state index < -0.39 is 5.97 Å². The van der Waals surface area contributed by atoms with Gasteiger partial charge in [-0.15, -0.1) is 11.3 Å². The monoisotopic (exact) mass is 293 g/mol. The molecule has 106 valence electrons. The number of halogens is 1. The molecule has 3 nitrogen and oxygen atoms in total. The van der Waals surface area contributed by atoms with E-state index in [2.05, 4.69) is 4.98 Å². The molecule has 20 heavy (non-hydrogen) atoms. The second-order valence-corrected chi connectivity index (χ2v) is 6.45. The van der Waals surface area contributed by atoms with E-state index in [-0.39, 0.29) is 11.2 Å². The van der Waals surface area contributed by atoms with Crippen LogP contribution in [0.5, 0.6) is 0 Å². The van der Waals surface area contributed by atoms with Gasteiger partial charge in [-0.25, -0.2) is 14.2 Å². The number of methoxy groups -OCH3 is 1. The van der Waals surface area contributed by atoms with Crippen molar-refractivity contribution in [2.75, 3.05) is 7.11 Å². The van der Waals surface area contributed by atoms with Crippen molar-refractivity contribution in [1.29, 1.82) is 0 Å². The van der Waals surface area contributed by atoms with Crippen LogP contribution >= 0.6 is 11.3 Å². The number of carbonyl (C=O) groups excluding carboxylic acids is 1. The minimum absolute atomic E-state index is 0.182. The largest absolute Gasteiger partial charge is 0.465 e. The fourth-order valence-corrected chi connectivity index (χ4v) is 2.77. The number of rotatable bonds is 2. The average Bonchev–Trinajstić information content (AvgIpc) is 2.82. The minimum atomic E-state index is -0.447. The van der Waals surface area contributed by atoms with E-state index in [4.69, 9.17) is 4.74 Å². The third-order valence-corrected chi connectivity index (χ3v) is 4.20. The molecule has 0 aliphatic heterocycles. The lowest BCUT2D eigenvalue weighted by atomic mass is 9.98. The van der Waals surface area contributed by atoms with Crippen LogP contribution in [0, 0.1) is 5.82 Å². The number of hydrogen-bond donors (Lipinski definition) is 0. The molecule has 0 fully saturated rings. The van der Waals surface area contributed by atoms with Gasteiger partial charge in [0, 0.05) is 11.0 Å². The SMILES string of the molecule is COC(=O)c1sc(C(C)(C)C)nc1-c1cccc(F)c1. The van der Waals surface area contributed by atoms with Crippen molar-refractivity contribution in [3.63, 3.8) is 0 Å². The van der Waals surface area contributed by atoms with E-state index in [1.54, 1.807) is 12.1 Å². The van der Waals surface area contributed by atoms with E-state index in [9.17, 15) is 9.18 Å². The van der Waals surface area contributed by atoms with Gasteiger partial charge in [0.25, 0.3) is 0 Å². The first-order chi connectivity index (χ1) is 9.32. The molecule has 0 spiro atoms. The Morgan fingerprint density at radius 2 is 2.05 bits per heavy atom. The summed E-state index contributed by atoms with van der Waals surface area (Å²) in [6.45, 7) is 6.05. The molecular formula is C15H16FNO2S. The minimum Gasteiger partial charge on any atom is -0.465 e. The molecule has 1 aromatic carbocycles. The quantitative estimate of drug-likeness (QED) is 0.785. The topological polar surface area (TPSA) is 39.2 Å². The summed E-state index contributed by atoms with van der Waals surface area (Å²) in [6, 6.07) is 6.06. The highest BCUT2D eigenvalue weighted by Gasteiger charge is 2.26. The van der Waals surface area contributed by atoms with Gasteiger partial charge < -0.3 is 4.74 Å². The highest BCUT2D eigenvalue weighted by Crippen LogP contribution is 2.34. The van der Waals surface area contributed by atoms with Gasteiger partial charge in [0.2, 0.25) is 0 Å². The average molecular weight is 293 g/mol. The Hall–Kier alpha value is -1.75. The van der Waals surface area contributed by atoms with Gasteiger partial charge in [-0.05, 0) is 12.1 Å². The normalized spacial score (nSPS) is 11.4. The number of hydrogen-bond acceptors (Lipinski definition) is 4. The van der Waals surface area contributed by atoms with E-state index in [1.165, 1.54) is 30.6 Å². The van der Waals surface area contributed by atoms with E-state index in [0.717, 1.165) is 5.01 Å². The van der Waals surface area contributed by atoms with Gasteiger partial charge in [-0.3, -0.25) is 0 Å². The van der Waals surface area contributed by atoms with Gasteiger partial charge >= 0.3 is 5.97 Å². The summed E-state index contributed by atoms with van der Waals surface area (Å²) in [7, 11) is 1.33. The lowest BCUT2D eigenvalue weighted by Crippen LogP contribution is -2.10. The molecular weight excluding hydrogens is 277 g/mol. The Balaban J connectivity index is 2.61. The van der Waals surface area contributed by atoms with Crippen molar-refractivity contribution in [2.45, 2.75) is 26.2 Å². The lowest BCUT2D eigenvalue weighted by molar-refractivity contribution is 0.0607. The number of aromatic nitrogens is 1. The third kappa shape index (κ3) is 2.88. The molecule has 0 bridgehead atoms. The number of esters is 1. The number of thiazole rings is 1. The summed E-state index contributed by atoms with van der Waals surface area (Å²) in [4.78, 5) is 16.8. The molecule has 0 atom stereocenters. The summed E-state index contributed by atoms with van der Waals surface area (Å²) in [5.74, 6) is -0.805. The molecule has 2 aromatic rings. The Morgan fingerprint density at radius 3 is 2.60 bits per heavy atom. The molecule has 1 heterocycles. The number of benzene rings is 1. The van der Waals surface area contributed by atoms with Gasteiger partial charge in [0.15, 0.2) is 0 Å². The van der Waals surface area contributed by atoms with E-state index in [1.807, 2.05) is 20.8 Å². The number of ether oxygens (including phenoxy) is 1. The van der Waals surface area contributed by atoms with E-state index >= 15 is 0 Å². The maximum Gasteiger partial charge on any atom is 0.350 e. The van der Waals surface area contributed by atoms with Crippen molar-refractivity contribution in [1.82, 2.24) is 4.98 Å². The highest BCUT2D eigenvalue weighted by atomic mass is 32.1. The van der Waals surface area contributed by atoms with Gasteiger partial charge in [0.05, 0.1) is 17.8 Å². The lowest BCUT2D eigenvalue weighted by Gasteiger charge is -2.13. The molecule has 5 heteroatoms. The zero-order valence-electron chi connectivity index (χ0n) is 11.9. The van der Waals surface area contributed by atoms with Crippen LogP contribution in [0.1, 0.15) is 35.5 Å². The molecule has 0 aliphatic carbocycles. The molecule has 0 saturated carbocycles. The highest BCUT2D eigenvalue weighted by molar-refractivity contribution is 7.14. The van der Waals surface area contributed by atoms with Gasteiger partial charge in [0.1, 0.15) is 10.7 Å². The fourth-order valence-electron chi connectivity index (χ4n) is 1.70. The standard InChI is InChI=1S/C15H16FNO2S/c1-15(2,3)14-17-11(12(20-14)13(18)19-4)9-6-5-7-10(16)8-9/h5-8H,1-4H3. The predicted octanol–water partition coefficient (Wildman–Crippen LogP) is 4.03. The summed E-state index contributed by atoms with van der Waals surface area (Å²) in [5.41, 5.74) is 0.877. The molecule has 0 unspecified atom stereocenters. The Labute approximate surface area is 121 Å². The first-order valence-electron chi connectivity index (χ1n) is 6.18. The second-order valence-electron chi connectivity index (χ2n) is 5.45. The van der Waals surface area contributed by atoms with Crippen molar-refractivity contribution < 1.29 is 13.9 Å². The van der Waals surface area contributed by atoms with Crippen molar-refractivity contribution in [2.24, 2.45) is 0 Å². The van der Waals surface area contributed by atoms with Crippen LogP contribution in [-0.2, 0) is 10.2 Å². The zero-order chi connectivity index (χ0) is 14.9. The first kappa shape index (κ1) is 14.7. The summed E-state index contributed by atoms with van der Waals surface area (Å²) >= 11 is 1.29. The van der Waals surface area contributed by atoms with Crippen LogP contribution in [0.4, 0.5) is 4.39 Å².